The second-order valence-electron chi connectivity index (χ2n) is 5.25. The molecule has 0 amide bonds. The molecule has 0 aliphatic heterocycles. The van der Waals surface area contributed by atoms with Crippen molar-refractivity contribution in [1.82, 2.24) is 15.0 Å². The van der Waals surface area contributed by atoms with Crippen LogP contribution >= 0.6 is 0 Å². The fraction of sp³-hybridized carbons (Fsp3) is 0.167. The van der Waals surface area contributed by atoms with Crippen LogP contribution in [0.3, 0.4) is 0 Å². The minimum absolute atomic E-state index is 0.545. The third-order valence-corrected chi connectivity index (χ3v) is 3.38. The van der Waals surface area contributed by atoms with Crippen molar-refractivity contribution in [2.45, 2.75) is 13.5 Å². The van der Waals surface area contributed by atoms with Gasteiger partial charge in [0.25, 0.3) is 0 Å². The lowest BCUT2D eigenvalue weighted by molar-refractivity contribution is 0.415. The van der Waals surface area contributed by atoms with Gasteiger partial charge in [0.2, 0.25) is 5.95 Å². The molecule has 0 atom stereocenters. The number of hydrogen-bond donors (Lipinski definition) is 2. The van der Waals surface area contributed by atoms with E-state index in [9.17, 15) is 0 Å². The van der Waals surface area contributed by atoms with E-state index < -0.39 is 0 Å². The average molecular weight is 321 g/mol. The Hall–Kier alpha value is -3.15. The van der Waals surface area contributed by atoms with Crippen molar-refractivity contribution < 1.29 is 4.74 Å². The Morgan fingerprint density at radius 1 is 1.04 bits per heavy atom. The molecule has 2 aromatic heterocycles. The molecule has 0 saturated heterocycles. The summed E-state index contributed by atoms with van der Waals surface area (Å²) in [7, 11) is 1.64. The number of ether oxygens (including phenoxy) is 1. The topological polar surface area (TPSA) is 72.0 Å². The summed E-state index contributed by atoms with van der Waals surface area (Å²) in [6, 6.07) is 15.4. The van der Waals surface area contributed by atoms with Gasteiger partial charge in [-0.1, -0.05) is 6.07 Å². The summed E-state index contributed by atoms with van der Waals surface area (Å²) in [5, 5.41) is 6.47. The van der Waals surface area contributed by atoms with Crippen molar-refractivity contribution in [3.8, 4) is 5.75 Å². The number of aromatic nitrogens is 3. The molecule has 6 nitrogen and oxygen atoms in total. The van der Waals surface area contributed by atoms with Crippen LogP contribution in [0.5, 0.6) is 5.75 Å². The van der Waals surface area contributed by atoms with Gasteiger partial charge < -0.3 is 15.4 Å². The molecule has 0 unspecified atom stereocenters. The van der Waals surface area contributed by atoms with Gasteiger partial charge in [-0.05, 0) is 43.3 Å². The molecule has 0 bridgehead atoms. The highest BCUT2D eigenvalue weighted by atomic mass is 16.5. The summed E-state index contributed by atoms with van der Waals surface area (Å²) in [5.74, 6) is 2.11. The second kappa shape index (κ2) is 7.41. The Kier molecular flexibility index (Phi) is 4.86. The number of benzene rings is 1. The van der Waals surface area contributed by atoms with E-state index in [4.69, 9.17) is 4.74 Å². The summed E-state index contributed by atoms with van der Waals surface area (Å²) in [6.07, 6.45) is 1.78. The summed E-state index contributed by atoms with van der Waals surface area (Å²) in [4.78, 5) is 13.2. The van der Waals surface area contributed by atoms with Gasteiger partial charge in [-0.15, -0.1) is 0 Å². The number of anilines is 3. The molecular formula is C18H19N5O. The Morgan fingerprint density at radius 2 is 1.88 bits per heavy atom. The summed E-state index contributed by atoms with van der Waals surface area (Å²) in [5.41, 5.74) is 2.74. The Morgan fingerprint density at radius 3 is 2.58 bits per heavy atom. The smallest absolute Gasteiger partial charge is 0.229 e. The maximum atomic E-state index is 5.16. The zero-order chi connectivity index (χ0) is 16.8. The van der Waals surface area contributed by atoms with Crippen LogP contribution in [0.25, 0.3) is 0 Å². The molecule has 1 aromatic carbocycles. The van der Waals surface area contributed by atoms with Crippen molar-refractivity contribution in [3.05, 3.63) is 66.1 Å². The van der Waals surface area contributed by atoms with E-state index in [1.165, 1.54) is 0 Å². The van der Waals surface area contributed by atoms with E-state index in [0.717, 1.165) is 28.6 Å². The number of methoxy groups -OCH3 is 1. The lowest BCUT2D eigenvalue weighted by atomic mass is 10.3. The van der Waals surface area contributed by atoms with Crippen LogP contribution in [-0.2, 0) is 6.54 Å². The Bertz CT molecular complexity index is 790. The van der Waals surface area contributed by atoms with Crippen LogP contribution in [0.4, 0.5) is 17.5 Å². The Labute approximate surface area is 141 Å². The van der Waals surface area contributed by atoms with Crippen LogP contribution in [0.2, 0.25) is 0 Å². The van der Waals surface area contributed by atoms with E-state index in [2.05, 4.69) is 25.6 Å². The standard InChI is InChI=1S/C18H19N5O/c1-13-11-17(20-12-15-5-3-4-10-19-15)23-18(21-13)22-14-6-8-16(24-2)9-7-14/h3-11H,12H2,1-2H3,(H2,20,21,22,23). The van der Waals surface area contributed by atoms with Crippen LogP contribution in [-0.4, -0.2) is 22.1 Å². The molecule has 3 rings (SSSR count). The highest BCUT2D eigenvalue weighted by molar-refractivity contribution is 5.56. The highest BCUT2D eigenvalue weighted by Gasteiger charge is 2.04. The minimum atomic E-state index is 0.545. The number of aryl methyl sites for hydroxylation is 1. The molecule has 6 heteroatoms. The molecule has 122 valence electrons. The van der Waals surface area contributed by atoms with E-state index in [1.54, 1.807) is 13.3 Å². The fourth-order valence-electron chi connectivity index (χ4n) is 2.20. The van der Waals surface area contributed by atoms with Crippen LogP contribution in [0.15, 0.2) is 54.7 Å². The molecule has 0 saturated carbocycles. The average Bonchev–Trinajstić information content (AvgIpc) is 2.61. The number of nitrogens with one attached hydrogen (secondary N) is 2. The van der Waals surface area contributed by atoms with Crippen LogP contribution in [0, 0.1) is 6.92 Å². The molecule has 0 radical (unpaired) electrons. The summed E-state index contributed by atoms with van der Waals surface area (Å²) in [6.45, 7) is 2.55. The SMILES string of the molecule is COc1ccc(Nc2nc(C)cc(NCc3ccccn3)n2)cc1. The first-order valence-corrected chi connectivity index (χ1v) is 7.63. The van der Waals surface area contributed by atoms with Gasteiger partial charge in [0.1, 0.15) is 11.6 Å². The largest absolute Gasteiger partial charge is 0.497 e. The first kappa shape index (κ1) is 15.7. The maximum absolute atomic E-state index is 5.16. The maximum Gasteiger partial charge on any atom is 0.229 e. The molecule has 0 spiro atoms. The van der Waals surface area contributed by atoms with Crippen LogP contribution in [0.1, 0.15) is 11.4 Å². The summed E-state index contributed by atoms with van der Waals surface area (Å²) >= 11 is 0. The lowest BCUT2D eigenvalue weighted by Crippen LogP contribution is -2.06. The first-order chi connectivity index (χ1) is 11.7. The fourth-order valence-corrected chi connectivity index (χ4v) is 2.20. The van der Waals surface area contributed by atoms with Gasteiger partial charge in [0.15, 0.2) is 0 Å². The van der Waals surface area contributed by atoms with E-state index in [1.807, 2.05) is 55.5 Å². The molecule has 0 aliphatic rings. The molecule has 2 N–H and O–H groups in total. The molecule has 0 fully saturated rings. The quantitative estimate of drug-likeness (QED) is 0.723. The zero-order valence-electron chi connectivity index (χ0n) is 13.7. The van der Waals surface area contributed by atoms with Crippen molar-refractivity contribution in [2.24, 2.45) is 0 Å². The van der Waals surface area contributed by atoms with Gasteiger partial charge in [-0.25, -0.2) is 4.98 Å². The molecule has 24 heavy (non-hydrogen) atoms. The zero-order valence-corrected chi connectivity index (χ0v) is 13.7. The van der Waals surface area contributed by atoms with Crippen molar-refractivity contribution in [2.75, 3.05) is 17.7 Å². The van der Waals surface area contributed by atoms with Crippen molar-refractivity contribution in [3.63, 3.8) is 0 Å². The lowest BCUT2D eigenvalue weighted by Gasteiger charge is -2.10. The second-order valence-corrected chi connectivity index (χ2v) is 5.25. The predicted molar refractivity (Wildman–Crippen MR) is 94.6 cm³/mol. The molecule has 3 aromatic rings. The minimum Gasteiger partial charge on any atom is -0.497 e. The summed E-state index contributed by atoms with van der Waals surface area (Å²) < 4.78 is 5.16. The van der Waals surface area contributed by atoms with Crippen molar-refractivity contribution >= 4 is 17.5 Å². The van der Waals surface area contributed by atoms with Gasteiger partial charge in [0, 0.05) is 23.6 Å². The third kappa shape index (κ3) is 4.19. The van der Waals surface area contributed by atoms with E-state index >= 15 is 0 Å². The first-order valence-electron chi connectivity index (χ1n) is 7.63. The Balaban J connectivity index is 1.70. The third-order valence-electron chi connectivity index (χ3n) is 3.38. The highest BCUT2D eigenvalue weighted by Crippen LogP contribution is 2.19. The number of hydrogen-bond acceptors (Lipinski definition) is 6. The molecule has 0 aliphatic carbocycles. The van der Waals surface area contributed by atoms with Crippen LogP contribution < -0.4 is 15.4 Å². The number of pyridine rings is 1. The van der Waals surface area contributed by atoms with Crippen molar-refractivity contribution in [1.29, 1.82) is 0 Å². The number of rotatable bonds is 6. The van der Waals surface area contributed by atoms with E-state index in [0.29, 0.717) is 12.5 Å². The van der Waals surface area contributed by atoms with E-state index in [-0.39, 0.29) is 0 Å². The monoisotopic (exact) mass is 321 g/mol. The van der Waals surface area contributed by atoms with Gasteiger partial charge in [-0.3, -0.25) is 4.98 Å². The molecule has 2 heterocycles. The predicted octanol–water partition coefficient (Wildman–Crippen LogP) is 3.54. The van der Waals surface area contributed by atoms with Gasteiger partial charge in [0.05, 0.1) is 19.3 Å². The normalized spacial score (nSPS) is 10.2. The van der Waals surface area contributed by atoms with Gasteiger partial charge >= 0.3 is 0 Å². The molecular weight excluding hydrogens is 302 g/mol. The number of nitrogens with zero attached hydrogens (tertiary/aromatic N) is 3. The van der Waals surface area contributed by atoms with Gasteiger partial charge in [-0.2, -0.15) is 4.98 Å².